The van der Waals surface area contributed by atoms with Crippen LogP contribution in [0, 0.1) is 6.92 Å². The van der Waals surface area contributed by atoms with Crippen molar-refractivity contribution in [1.82, 2.24) is 0 Å². The maximum Gasteiger partial charge on any atom is 0.341 e. The number of ether oxygens (including phenoxy) is 1. The molecule has 1 radical (unpaired) electrons. The number of hydrogen-bond acceptors (Lipinski definition) is 2. The van der Waals surface area contributed by atoms with Crippen molar-refractivity contribution in [2.24, 2.45) is 0 Å². The Labute approximate surface area is 99.6 Å². The number of carboxylic acids is 1. The van der Waals surface area contributed by atoms with E-state index in [-0.39, 0.29) is 6.61 Å². The highest BCUT2D eigenvalue weighted by atomic mass is 16.5. The van der Waals surface area contributed by atoms with Gasteiger partial charge in [0.05, 0.1) is 0 Å². The minimum absolute atomic E-state index is 0.321. The summed E-state index contributed by atoms with van der Waals surface area (Å²) in [5.74, 6) is -0.406. The van der Waals surface area contributed by atoms with E-state index in [0.29, 0.717) is 12.2 Å². The number of carbonyl (C=O) groups is 1. The number of rotatable bonds is 4. The predicted molar refractivity (Wildman–Crippen MR) is 66.1 cm³/mol. The molecule has 0 bridgehead atoms. The number of fused-ring (bicyclic) bond motifs is 1. The molecule has 2 aromatic rings. The Morgan fingerprint density at radius 1 is 1.29 bits per heavy atom. The molecule has 0 aliphatic heterocycles. The van der Waals surface area contributed by atoms with Gasteiger partial charge in [0, 0.05) is 0 Å². The molecular formula is C14H13O3. The highest BCUT2D eigenvalue weighted by Gasteiger charge is 2.03. The summed E-state index contributed by atoms with van der Waals surface area (Å²) in [6.07, 6.45) is 0.694. The number of aliphatic carboxylic acids is 1. The van der Waals surface area contributed by atoms with Gasteiger partial charge in [-0.1, -0.05) is 24.3 Å². The molecule has 3 nitrogen and oxygen atoms in total. The van der Waals surface area contributed by atoms with Crippen molar-refractivity contribution in [2.45, 2.75) is 6.42 Å². The molecule has 3 heteroatoms. The lowest BCUT2D eigenvalue weighted by Gasteiger charge is -2.07. The summed E-state index contributed by atoms with van der Waals surface area (Å²) in [5, 5.41) is 10.7. The lowest BCUT2D eigenvalue weighted by Crippen LogP contribution is -2.09. The van der Waals surface area contributed by atoms with Crippen LogP contribution < -0.4 is 4.74 Å². The molecule has 87 valence electrons. The summed E-state index contributed by atoms with van der Waals surface area (Å²) in [6, 6.07) is 11.6. The summed E-state index contributed by atoms with van der Waals surface area (Å²) in [5.41, 5.74) is 1.13. The highest BCUT2D eigenvalue weighted by molar-refractivity contribution is 5.87. The number of hydrogen-bond donors (Lipinski definition) is 1. The van der Waals surface area contributed by atoms with Gasteiger partial charge >= 0.3 is 5.97 Å². The zero-order chi connectivity index (χ0) is 12.3. The molecule has 0 fully saturated rings. The first-order valence-electron chi connectivity index (χ1n) is 5.36. The molecule has 17 heavy (non-hydrogen) atoms. The maximum atomic E-state index is 10.4. The quantitative estimate of drug-likeness (QED) is 0.876. The summed E-state index contributed by atoms with van der Waals surface area (Å²) in [7, 11) is 0. The fourth-order valence-electron chi connectivity index (χ4n) is 1.77. The average Bonchev–Trinajstić information content (AvgIpc) is 2.35. The average molecular weight is 229 g/mol. The van der Waals surface area contributed by atoms with Gasteiger partial charge in [-0.05, 0) is 41.8 Å². The molecule has 0 amide bonds. The van der Waals surface area contributed by atoms with Gasteiger partial charge in [-0.3, -0.25) is 0 Å². The van der Waals surface area contributed by atoms with E-state index in [4.69, 9.17) is 9.84 Å². The van der Waals surface area contributed by atoms with E-state index in [2.05, 4.69) is 6.92 Å². The zero-order valence-electron chi connectivity index (χ0n) is 9.35. The van der Waals surface area contributed by atoms with Gasteiger partial charge < -0.3 is 9.84 Å². The van der Waals surface area contributed by atoms with Gasteiger partial charge in [-0.15, -0.1) is 0 Å². The third-order valence-corrected chi connectivity index (χ3v) is 2.58. The third kappa shape index (κ3) is 2.56. The molecule has 0 saturated heterocycles. The summed E-state index contributed by atoms with van der Waals surface area (Å²) < 4.78 is 5.16. The topological polar surface area (TPSA) is 46.5 Å². The second-order valence-corrected chi connectivity index (χ2v) is 3.73. The van der Waals surface area contributed by atoms with Crippen LogP contribution in [0.5, 0.6) is 5.75 Å². The summed E-state index contributed by atoms with van der Waals surface area (Å²) >= 11 is 0. The van der Waals surface area contributed by atoms with Crippen LogP contribution in [0.15, 0.2) is 36.4 Å². The van der Waals surface area contributed by atoms with Crippen molar-refractivity contribution < 1.29 is 14.6 Å². The van der Waals surface area contributed by atoms with Crippen molar-refractivity contribution in [2.75, 3.05) is 6.61 Å². The smallest absolute Gasteiger partial charge is 0.341 e. The lowest BCUT2D eigenvalue weighted by atomic mass is 10.0. The Balaban J connectivity index is 2.37. The fraction of sp³-hybridized carbons (Fsp3) is 0.143. The van der Waals surface area contributed by atoms with E-state index in [1.54, 1.807) is 6.07 Å². The lowest BCUT2D eigenvalue weighted by molar-refractivity contribution is -0.139. The Morgan fingerprint density at radius 3 is 2.82 bits per heavy atom. The van der Waals surface area contributed by atoms with E-state index in [1.165, 1.54) is 0 Å². The van der Waals surface area contributed by atoms with Gasteiger partial charge in [-0.25, -0.2) is 4.79 Å². The Bertz CT molecular complexity index is 546. The van der Waals surface area contributed by atoms with Crippen molar-refractivity contribution in [3.63, 3.8) is 0 Å². The molecule has 0 heterocycles. The summed E-state index contributed by atoms with van der Waals surface area (Å²) in [6.45, 7) is 3.55. The Morgan fingerprint density at radius 2 is 2.12 bits per heavy atom. The van der Waals surface area contributed by atoms with Gasteiger partial charge in [0.25, 0.3) is 0 Å². The minimum atomic E-state index is -0.976. The van der Waals surface area contributed by atoms with E-state index in [0.717, 1.165) is 16.3 Å². The minimum Gasteiger partial charge on any atom is -0.482 e. The van der Waals surface area contributed by atoms with E-state index in [9.17, 15) is 4.79 Å². The largest absolute Gasteiger partial charge is 0.482 e. The fourth-order valence-corrected chi connectivity index (χ4v) is 1.77. The second kappa shape index (κ2) is 4.87. The molecule has 0 unspecified atom stereocenters. The molecule has 0 spiro atoms. The van der Waals surface area contributed by atoms with E-state index in [1.807, 2.05) is 30.3 Å². The van der Waals surface area contributed by atoms with Crippen LogP contribution in [-0.4, -0.2) is 17.7 Å². The van der Waals surface area contributed by atoms with Gasteiger partial charge in [0.2, 0.25) is 0 Å². The van der Waals surface area contributed by atoms with Crippen LogP contribution in [0.25, 0.3) is 10.8 Å². The van der Waals surface area contributed by atoms with Crippen molar-refractivity contribution in [1.29, 1.82) is 0 Å². The first-order chi connectivity index (χ1) is 8.20. The summed E-state index contributed by atoms with van der Waals surface area (Å²) in [4.78, 5) is 10.4. The molecule has 0 saturated carbocycles. The molecule has 0 aromatic heterocycles. The van der Waals surface area contributed by atoms with Crippen LogP contribution in [0.1, 0.15) is 5.56 Å². The second-order valence-electron chi connectivity index (χ2n) is 3.73. The zero-order valence-corrected chi connectivity index (χ0v) is 9.35. The van der Waals surface area contributed by atoms with Gasteiger partial charge in [-0.2, -0.15) is 0 Å². The molecule has 0 aliphatic carbocycles. The van der Waals surface area contributed by atoms with Crippen LogP contribution in [0.2, 0.25) is 0 Å². The van der Waals surface area contributed by atoms with Gasteiger partial charge in [0.1, 0.15) is 5.75 Å². The molecule has 1 N–H and O–H groups in total. The highest BCUT2D eigenvalue weighted by Crippen LogP contribution is 2.24. The first-order valence-corrected chi connectivity index (χ1v) is 5.36. The van der Waals surface area contributed by atoms with Crippen LogP contribution in [0.4, 0.5) is 0 Å². The molecule has 0 aliphatic rings. The maximum absolute atomic E-state index is 10.4. The van der Waals surface area contributed by atoms with Crippen LogP contribution in [-0.2, 0) is 11.2 Å². The van der Waals surface area contributed by atoms with Crippen molar-refractivity contribution >= 4 is 16.7 Å². The number of benzene rings is 2. The third-order valence-electron chi connectivity index (χ3n) is 2.58. The molecule has 2 rings (SSSR count). The van der Waals surface area contributed by atoms with Crippen molar-refractivity contribution in [3.05, 3.63) is 48.9 Å². The first kappa shape index (κ1) is 11.5. The molecule has 2 aromatic carbocycles. The SMILES string of the molecule is [CH2]Cc1cccc2ccc(OCC(=O)O)cc12. The monoisotopic (exact) mass is 229 g/mol. The van der Waals surface area contributed by atoms with Crippen LogP contribution >= 0.6 is 0 Å². The van der Waals surface area contributed by atoms with Crippen LogP contribution in [0.3, 0.4) is 0 Å². The Kier molecular flexibility index (Phi) is 3.28. The van der Waals surface area contributed by atoms with E-state index < -0.39 is 5.97 Å². The standard InChI is InChI=1S/C14H13O3/c1-2-10-4-3-5-11-6-7-12(8-13(10)11)17-9-14(15)16/h3-8H,1-2,9H2,(H,15,16). The Hall–Kier alpha value is -2.03. The van der Waals surface area contributed by atoms with E-state index >= 15 is 0 Å². The number of carboxylic acid groups (broad SMARTS) is 1. The molecule has 0 atom stereocenters. The van der Waals surface area contributed by atoms with Gasteiger partial charge in [0.15, 0.2) is 6.61 Å². The molecular weight excluding hydrogens is 216 g/mol. The predicted octanol–water partition coefficient (Wildman–Crippen LogP) is 2.68. The van der Waals surface area contributed by atoms with Crippen molar-refractivity contribution in [3.8, 4) is 5.75 Å². The normalized spacial score (nSPS) is 10.4.